The molecule has 2 rings (SSSR count). The molecule has 0 amide bonds. The molecule has 2 unspecified atom stereocenters. The largest absolute Gasteiger partial charge is 0.369 e. The molecule has 1 aliphatic rings. The summed E-state index contributed by atoms with van der Waals surface area (Å²) in [6, 6.07) is 7.15. The van der Waals surface area contributed by atoms with Crippen molar-refractivity contribution in [2.45, 2.75) is 53.1 Å². The zero-order valence-electron chi connectivity index (χ0n) is 13.8. The minimum atomic E-state index is 0.606. The van der Waals surface area contributed by atoms with Gasteiger partial charge in [-0.25, -0.2) is 0 Å². The van der Waals surface area contributed by atoms with Gasteiger partial charge in [-0.3, -0.25) is 0 Å². The minimum absolute atomic E-state index is 0.606. The van der Waals surface area contributed by atoms with Crippen molar-refractivity contribution >= 4 is 17.3 Å². The van der Waals surface area contributed by atoms with Crippen molar-refractivity contribution < 1.29 is 0 Å². The van der Waals surface area contributed by atoms with E-state index in [4.69, 9.17) is 11.6 Å². The second-order valence-corrected chi connectivity index (χ2v) is 7.38. The van der Waals surface area contributed by atoms with Crippen molar-refractivity contribution in [1.82, 2.24) is 5.32 Å². The van der Waals surface area contributed by atoms with E-state index >= 15 is 0 Å². The first-order valence-electron chi connectivity index (χ1n) is 8.23. The van der Waals surface area contributed by atoms with Crippen LogP contribution in [0.15, 0.2) is 18.2 Å². The number of hydrogen-bond donors (Lipinski definition) is 1. The van der Waals surface area contributed by atoms with Crippen molar-refractivity contribution in [1.29, 1.82) is 0 Å². The van der Waals surface area contributed by atoms with E-state index in [1.165, 1.54) is 24.1 Å². The van der Waals surface area contributed by atoms with E-state index in [1.807, 2.05) is 0 Å². The lowest BCUT2D eigenvalue weighted by atomic mass is 9.93. The summed E-state index contributed by atoms with van der Waals surface area (Å²) in [6.07, 6.45) is 2.55. The number of anilines is 1. The van der Waals surface area contributed by atoms with E-state index in [9.17, 15) is 0 Å². The van der Waals surface area contributed by atoms with Crippen LogP contribution in [-0.4, -0.2) is 19.1 Å². The Kier molecular flexibility index (Phi) is 5.95. The standard InChI is InChI=1S/C18H29ClN2/c1-13(2)11-20-12-16-5-6-17(10-18(16)19)21-8-7-14(3)9-15(21)4/h5-6,10,13-15,20H,7-9,11-12H2,1-4H3. The summed E-state index contributed by atoms with van der Waals surface area (Å²) in [4.78, 5) is 2.50. The van der Waals surface area contributed by atoms with E-state index in [1.54, 1.807) is 0 Å². The van der Waals surface area contributed by atoms with Crippen LogP contribution in [0.25, 0.3) is 0 Å². The maximum absolute atomic E-state index is 6.47. The van der Waals surface area contributed by atoms with Crippen molar-refractivity contribution in [3.8, 4) is 0 Å². The highest BCUT2D eigenvalue weighted by Crippen LogP contribution is 2.30. The summed E-state index contributed by atoms with van der Waals surface area (Å²) in [7, 11) is 0. The Balaban J connectivity index is 2.01. The summed E-state index contributed by atoms with van der Waals surface area (Å²) >= 11 is 6.47. The van der Waals surface area contributed by atoms with Gasteiger partial charge in [0, 0.05) is 29.8 Å². The van der Waals surface area contributed by atoms with Gasteiger partial charge in [-0.1, -0.05) is 38.4 Å². The van der Waals surface area contributed by atoms with Gasteiger partial charge in [0.15, 0.2) is 0 Å². The normalized spacial score (nSPS) is 22.9. The van der Waals surface area contributed by atoms with E-state index in [-0.39, 0.29) is 0 Å². The van der Waals surface area contributed by atoms with E-state index in [2.05, 4.69) is 56.1 Å². The van der Waals surface area contributed by atoms with Crippen LogP contribution in [0.2, 0.25) is 5.02 Å². The summed E-state index contributed by atoms with van der Waals surface area (Å²) in [5, 5.41) is 4.34. The second kappa shape index (κ2) is 7.51. The number of piperidine rings is 1. The average Bonchev–Trinajstić information content (AvgIpc) is 2.40. The van der Waals surface area contributed by atoms with Gasteiger partial charge in [-0.15, -0.1) is 0 Å². The van der Waals surface area contributed by atoms with E-state index in [0.717, 1.165) is 30.6 Å². The van der Waals surface area contributed by atoms with Gasteiger partial charge < -0.3 is 10.2 Å². The summed E-state index contributed by atoms with van der Waals surface area (Å²) in [5.74, 6) is 1.51. The first-order chi connectivity index (χ1) is 9.97. The Labute approximate surface area is 134 Å². The van der Waals surface area contributed by atoms with Crippen LogP contribution in [0.1, 0.15) is 46.1 Å². The van der Waals surface area contributed by atoms with E-state index in [0.29, 0.717) is 12.0 Å². The second-order valence-electron chi connectivity index (χ2n) is 6.97. The van der Waals surface area contributed by atoms with Crippen LogP contribution in [0.4, 0.5) is 5.69 Å². The van der Waals surface area contributed by atoms with Gasteiger partial charge >= 0.3 is 0 Å². The Morgan fingerprint density at radius 1 is 1.33 bits per heavy atom. The topological polar surface area (TPSA) is 15.3 Å². The predicted octanol–water partition coefficient (Wildman–Crippen LogP) is 4.71. The highest BCUT2D eigenvalue weighted by Gasteiger charge is 2.23. The molecule has 1 aliphatic heterocycles. The number of benzene rings is 1. The molecule has 2 atom stereocenters. The smallest absolute Gasteiger partial charge is 0.0471 e. The fourth-order valence-electron chi connectivity index (χ4n) is 3.14. The maximum Gasteiger partial charge on any atom is 0.0471 e. The molecule has 0 bridgehead atoms. The Morgan fingerprint density at radius 3 is 2.71 bits per heavy atom. The fraction of sp³-hybridized carbons (Fsp3) is 0.667. The molecule has 21 heavy (non-hydrogen) atoms. The molecule has 2 nitrogen and oxygen atoms in total. The van der Waals surface area contributed by atoms with Crippen molar-refractivity contribution in [2.24, 2.45) is 11.8 Å². The molecule has 0 saturated carbocycles. The third kappa shape index (κ3) is 4.62. The molecule has 1 fully saturated rings. The lowest BCUT2D eigenvalue weighted by Gasteiger charge is -2.38. The lowest BCUT2D eigenvalue weighted by Crippen LogP contribution is -2.40. The molecule has 0 aliphatic carbocycles. The van der Waals surface area contributed by atoms with E-state index < -0.39 is 0 Å². The monoisotopic (exact) mass is 308 g/mol. The Bertz CT molecular complexity index is 459. The molecular weight excluding hydrogens is 280 g/mol. The molecule has 0 radical (unpaired) electrons. The van der Waals surface area contributed by atoms with Gasteiger partial charge in [0.25, 0.3) is 0 Å². The zero-order valence-corrected chi connectivity index (χ0v) is 14.6. The molecular formula is C18H29ClN2. The zero-order chi connectivity index (χ0) is 15.4. The van der Waals surface area contributed by atoms with Crippen LogP contribution in [0.5, 0.6) is 0 Å². The predicted molar refractivity (Wildman–Crippen MR) is 93.2 cm³/mol. The number of rotatable bonds is 5. The Hall–Kier alpha value is -0.730. The molecule has 1 aromatic carbocycles. The first-order valence-corrected chi connectivity index (χ1v) is 8.61. The lowest BCUT2D eigenvalue weighted by molar-refractivity contribution is 0.378. The fourth-order valence-corrected chi connectivity index (χ4v) is 3.39. The first kappa shape index (κ1) is 16.6. The van der Waals surface area contributed by atoms with Gasteiger partial charge in [0.05, 0.1) is 0 Å². The molecule has 1 saturated heterocycles. The molecule has 1 heterocycles. The molecule has 3 heteroatoms. The van der Waals surface area contributed by atoms with Crippen LogP contribution in [0.3, 0.4) is 0 Å². The highest BCUT2D eigenvalue weighted by molar-refractivity contribution is 6.31. The highest BCUT2D eigenvalue weighted by atomic mass is 35.5. The average molecular weight is 309 g/mol. The summed E-state index contributed by atoms with van der Waals surface area (Å²) in [5.41, 5.74) is 2.46. The maximum atomic E-state index is 6.47. The molecule has 1 aromatic rings. The van der Waals surface area contributed by atoms with Gasteiger partial charge in [0.1, 0.15) is 0 Å². The van der Waals surface area contributed by atoms with Crippen molar-refractivity contribution in [2.75, 3.05) is 18.0 Å². The minimum Gasteiger partial charge on any atom is -0.369 e. The van der Waals surface area contributed by atoms with Crippen LogP contribution >= 0.6 is 11.6 Å². The summed E-state index contributed by atoms with van der Waals surface area (Å²) in [6.45, 7) is 12.1. The quantitative estimate of drug-likeness (QED) is 0.847. The van der Waals surface area contributed by atoms with Crippen LogP contribution in [0, 0.1) is 11.8 Å². The number of halogens is 1. The molecule has 1 N–H and O–H groups in total. The molecule has 0 aromatic heterocycles. The number of hydrogen-bond acceptors (Lipinski definition) is 2. The van der Waals surface area contributed by atoms with Crippen molar-refractivity contribution in [3.63, 3.8) is 0 Å². The molecule has 118 valence electrons. The third-order valence-electron chi connectivity index (χ3n) is 4.37. The molecule has 0 spiro atoms. The van der Waals surface area contributed by atoms with Crippen molar-refractivity contribution in [3.05, 3.63) is 28.8 Å². The van der Waals surface area contributed by atoms with Gasteiger partial charge in [-0.05, 0) is 55.8 Å². The number of nitrogens with one attached hydrogen (secondary N) is 1. The van der Waals surface area contributed by atoms with Crippen LogP contribution in [-0.2, 0) is 6.54 Å². The SMILES string of the molecule is CC(C)CNCc1ccc(N2CCC(C)CC2C)cc1Cl. The van der Waals surface area contributed by atoms with Gasteiger partial charge in [-0.2, -0.15) is 0 Å². The van der Waals surface area contributed by atoms with Gasteiger partial charge in [0.2, 0.25) is 0 Å². The van der Waals surface area contributed by atoms with Crippen LogP contribution < -0.4 is 10.2 Å². The third-order valence-corrected chi connectivity index (χ3v) is 4.73. The number of nitrogens with zero attached hydrogens (tertiary/aromatic N) is 1. The summed E-state index contributed by atoms with van der Waals surface area (Å²) < 4.78 is 0. The Morgan fingerprint density at radius 2 is 2.10 bits per heavy atom.